The highest BCUT2D eigenvalue weighted by atomic mass is 28.4. The molecule has 0 aliphatic rings. The molecule has 4 heteroatoms. The number of ether oxygens (including phenoxy) is 1. The molecule has 0 fully saturated rings. The van der Waals surface area contributed by atoms with E-state index in [2.05, 4.69) is 60.7 Å². The Kier molecular flexibility index (Phi) is 5.74. The first kappa shape index (κ1) is 19.0. The number of anilines is 1. The van der Waals surface area contributed by atoms with Gasteiger partial charge in [-0.2, -0.15) is 0 Å². The summed E-state index contributed by atoms with van der Waals surface area (Å²) in [7, 11) is -1.71. The van der Waals surface area contributed by atoms with E-state index in [1.54, 1.807) is 0 Å². The Morgan fingerprint density at radius 1 is 1.00 bits per heavy atom. The number of benzene rings is 1. The second-order valence-corrected chi connectivity index (χ2v) is 13.3. The molecule has 2 N–H and O–H groups in total. The Bertz CT molecular complexity index is 499. The van der Waals surface area contributed by atoms with E-state index < -0.39 is 8.32 Å². The third-order valence-electron chi connectivity index (χ3n) is 4.42. The van der Waals surface area contributed by atoms with Gasteiger partial charge < -0.3 is 14.9 Å². The Balaban J connectivity index is 2.68. The zero-order valence-electron chi connectivity index (χ0n) is 15.5. The van der Waals surface area contributed by atoms with Gasteiger partial charge in [0.15, 0.2) is 8.32 Å². The van der Waals surface area contributed by atoms with E-state index in [-0.39, 0.29) is 10.5 Å². The van der Waals surface area contributed by atoms with E-state index >= 15 is 0 Å². The van der Waals surface area contributed by atoms with Gasteiger partial charge in [0.05, 0.1) is 6.61 Å². The topological polar surface area (TPSA) is 44.5 Å². The van der Waals surface area contributed by atoms with Crippen LogP contribution in [0.15, 0.2) is 18.2 Å². The average Bonchev–Trinajstić information content (AvgIpc) is 2.31. The first-order valence-corrected chi connectivity index (χ1v) is 10.9. The van der Waals surface area contributed by atoms with Crippen LogP contribution >= 0.6 is 0 Å². The van der Waals surface area contributed by atoms with E-state index in [9.17, 15) is 0 Å². The zero-order chi connectivity index (χ0) is 17.2. The van der Waals surface area contributed by atoms with Crippen molar-refractivity contribution in [2.45, 2.75) is 65.1 Å². The van der Waals surface area contributed by atoms with Crippen LogP contribution in [0.4, 0.5) is 5.69 Å². The summed E-state index contributed by atoms with van der Waals surface area (Å²) in [6.07, 6.45) is 0. The van der Waals surface area contributed by atoms with Crippen LogP contribution in [0.1, 0.15) is 47.1 Å². The fourth-order valence-corrected chi connectivity index (χ4v) is 2.97. The molecule has 0 saturated carbocycles. The molecule has 0 radical (unpaired) electrons. The molecular weight excluding hydrogens is 290 g/mol. The zero-order valence-corrected chi connectivity index (χ0v) is 16.5. The highest BCUT2D eigenvalue weighted by Gasteiger charge is 2.36. The van der Waals surface area contributed by atoms with Crippen LogP contribution in [-0.4, -0.2) is 21.5 Å². The number of nitrogens with two attached hydrogens (primary N) is 1. The van der Waals surface area contributed by atoms with Crippen molar-refractivity contribution in [3.63, 3.8) is 0 Å². The lowest BCUT2D eigenvalue weighted by Gasteiger charge is -2.36. The summed E-state index contributed by atoms with van der Waals surface area (Å²) in [4.78, 5) is 0. The van der Waals surface area contributed by atoms with Crippen molar-refractivity contribution >= 4 is 14.0 Å². The summed E-state index contributed by atoms with van der Waals surface area (Å²) in [5.41, 5.74) is 7.83. The largest absolute Gasteiger partial charge is 0.491 e. The third-order valence-corrected chi connectivity index (χ3v) is 8.96. The van der Waals surface area contributed by atoms with Gasteiger partial charge >= 0.3 is 0 Å². The van der Waals surface area contributed by atoms with Crippen LogP contribution in [0.2, 0.25) is 18.1 Å². The quantitative estimate of drug-likeness (QED) is 0.473. The summed E-state index contributed by atoms with van der Waals surface area (Å²) in [5.74, 6) is 0.867. The lowest BCUT2D eigenvalue weighted by atomic mass is 9.86. The summed E-state index contributed by atoms with van der Waals surface area (Å²) < 4.78 is 12.1. The van der Waals surface area contributed by atoms with Crippen molar-refractivity contribution in [1.29, 1.82) is 0 Å². The first-order chi connectivity index (χ1) is 9.84. The highest BCUT2D eigenvalue weighted by molar-refractivity contribution is 6.74. The molecule has 0 bridgehead atoms. The third kappa shape index (κ3) is 5.02. The summed E-state index contributed by atoms with van der Waals surface area (Å²) >= 11 is 0. The molecule has 0 aromatic heterocycles. The van der Waals surface area contributed by atoms with E-state index in [1.807, 2.05) is 12.1 Å². The normalized spacial score (nSPS) is 13.3. The molecule has 0 aliphatic heterocycles. The molecular formula is C18H33NO2Si. The van der Waals surface area contributed by atoms with Gasteiger partial charge in [0.2, 0.25) is 0 Å². The van der Waals surface area contributed by atoms with Crippen molar-refractivity contribution in [3.8, 4) is 5.75 Å². The van der Waals surface area contributed by atoms with Gasteiger partial charge in [-0.1, -0.05) is 47.6 Å². The molecule has 1 rings (SSSR count). The van der Waals surface area contributed by atoms with E-state index in [0.717, 1.165) is 11.4 Å². The maximum Gasteiger partial charge on any atom is 0.192 e. The summed E-state index contributed by atoms with van der Waals surface area (Å²) in [6, 6.07) is 5.89. The van der Waals surface area contributed by atoms with Gasteiger partial charge in [-0.3, -0.25) is 0 Å². The fourth-order valence-electron chi connectivity index (χ4n) is 1.94. The molecule has 0 amide bonds. The maximum atomic E-state index is 6.15. The fraction of sp³-hybridized carbons (Fsp3) is 0.667. The molecule has 1 aromatic rings. The molecule has 0 atom stereocenters. The van der Waals surface area contributed by atoms with Gasteiger partial charge in [0.1, 0.15) is 12.4 Å². The van der Waals surface area contributed by atoms with Gasteiger partial charge in [-0.25, -0.2) is 0 Å². The van der Waals surface area contributed by atoms with Gasteiger partial charge in [-0.05, 0) is 35.2 Å². The number of hydrogen-bond acceptors (Lipinski definition) is 3. The molecule has 22 heavy (non-hydrogen) atoms. The average molecular weight is 324 g/mol. The molecule has 1 aromatic carbocycles. The predicted octanol–water partition coefficient (Wildman–Crippen LogP) is 4.97. The van der Waals surface area contributed by atoms with E-state index in [1.165, 1.54) is 5.56 Å². The lowest BCUT2D eigenvalue weighted by molar-refractivity contribution is 0.201. The minimum Gasteiger partial charge on any atom is -0.491 e. The molecule has 0 heterocycles. The molecule has 0 aliphatic carbocycles. The second-order valence-electron chi connectivity index (χ2n) is 8.46. The van der Waals surface area contributed by atoms with Crippen LogP contribution in [0.25, 0.3) is 0 Å². The molecule has 126 valence electrons. The molecule has 3 nitrogen and oxygen atoms in total. The number of hydrogen-bond donors (Lipinski definition) is 1. The van der Waals surface area contributed by atoms with Crippen molar-refractivity contribution in [1.82, 2.24) is 0 Å². The smallest absolute Gasteiger partial charge is 0.192 e. The van der Waals surface area contributed by atoms with Crippen LogP contribution < -0.4 is 10.5 Å². The van der Waals surface area contributed by atoms with Crippen molar-refractivity contribution < 1.29 is 9.16 Å². The maximum absolute atomic E-state index is 6.15. The van der Waals surface area contributed by atoms with E-state index in [4.69, 9.17) is 14.9 Å². The Morgan fingerprint density at radius 2 is 1.59 bits per heavy atom. The van der Waals surface area contributed by atoms with Crippen LogP contribution in [0, 0.1) is 0 Å². The first-order valence-electron chi connectivity index (χ1n) is 8.01. The molecule has 0 saturated heterocycles. The Labute approximate surface area is 137 Å². The second kappa shape index (κ2) is 6.63. The van der Waals surface area contributed by atoms with Crippen molar-refractivity contribution in [2.24, 2.45) is 0 Å². The summed E-state index contributed by atoms with van der Waals surface area (Å²) in [6.45, 7) is 19.0. The van der Waals surface area contributed by atoms with Crippen LogP contribution in [-0.2, 0) is 9.84 Å². The predicted molar refractivity (Wildman–Crippen MR) is 98.2 cm³/mol. The Hall–Kier alpha value is -1.00. The van der Waals surface area contributed by atoms with Gasteiger partial charge in [0, 0.05) is 11.8 Å². The monoisotopic (exact) mass is 323 g/mol. The molecule has 0 spiro atoms. The number of rotatable bonds is 5. The lowest BCUT2D eigenvalue weighted by Crippen LogP contribution is -2.41. The molecule has 0 unspecified atom stereocenters. The highest BCUT2D eigenvalue weighted by Crippen LogP contribution is 2.36. The standard InChI is InChI=1S/C18H33NO2Si/c1-17(2,3)15-10-9-14(19)13-16(15)20-11-12-21-22(7,8)18(4,5)6/h9-10,13H,11-12,19H2,1-8H3. The van der Waals surface area contributed by atoms with Gasteiger partial charge in [0.25, 0.3) is 0 Å². The minimum absolute atomic E-state index is 0.0311. The van der Waals surface area contributed by atoms with Gasteiger partial charge in [-0.15, -0.1) is 0 Å². The summed E-state index contributed by atoms with van der Waals surface area (Å²) in [5, 5.41) is 0.223. The van der Waals surface area contributed by atoms with E-state index in [0.29, 0.717) is 13.2 Å². The van der Waals surface area contributed by atoms with Crippen LogP contribution in [0.3, 0.4) is 0 Å². The van der Waals surface area contributed by atoms with Crippen molar-refractivity contribution in [2.75, 3.05) is 18.9 Å². The Morgan fingerprint density at radius 3 is 2.09 bits per heavy atom. The number of nitrogen functional groups attached to an aromatic ring is 1. The van der Waals surface area contributed by atoms with Crippen LogP contribution in [0.5, 0.6) is 5.75 Å². The minimum atomic E-state index is -1.71. The van der Waals surface area contributed by atoms with Crippen molar-refractivity contribution in [3.05, 3.63) is 23.8 Å². The SMILES string of the molecule is CC(C)(C)c1ccc(N)cc1OCCO[Si](C)(C)C(C)(C)C.